The van der Waals surface area contributed by atoms with E-state index in [1.807, 2.05) is 55.5 Å². The van der Waals surface area contributed by atoms with E-state index in [0.717, 1.165) is 22.0 Å². The van der Waals surface area contributed by atoms with E-state index in [-0.39, 0.29) is 18.1 Å². The highest BCUT2D eigenvalue weighted by Crippen LogP contribution is 2.14. The van der Waals surface area contributed by atoms with E-state index in [1.54, 1.807) is 12.1 Å². The van der Waals surface area contributed by atoms with E-state index in [1.165, 1.54) is 0 Å². The number of anilines is 1. The first kappa shape index (κ1) is 20.6. The predicted octanol–water partition coefficient (Wildman–Crippen LogP) is 3.68. The van der Waals surface area contributed by atoms with E-state index < -0.39 is 0 Å². The topological polar surface area (TPSA) is 96.9 Å². The first-order valence-electron chi connectivity index (χ1n) is 10.2. The lowest BCUT2D eigenvalue weighted by Gasteiger charge is -2.07. The number of hydrogen-bond donors (Lipinski definition) is 2. The zero-order chi connectivity index (χ0) is 21.6. The molecule has 7 nitrogen and oxygen atoms in total. The zero-order valence-corrected chi connectivity index (χ0v) is 17.3. The molecule has 0 atom stereocenters. The normalized spacial score (nSPS) is 11.0. The third-order valence-corrected chi connectivity index (χ3v) is 4.90. The maximum absolute atomic E-state index is 12.4. The van der Waals surface area contributed by atoms with Crippen LogP contribution in [-0.4, -0.2) is 39.7 Å². The second kappa shape index (κ2) is 9.40. The van der Waals surface area contributed by atoms with Crippen LogP contribution in [0.4, 0.5) is 5.82 Å². The second-order valence-corrected chi connectivity index (χ2v) is 7.31. The van der Waals surface area contributed by atoms with Gasteiger partial charge in [0.2, 0.25) is 5.91 Å². The Morgan fingerprint density at radius 1 is 0.806 bits per heavy atom. The fraction of sp³-hybridized carbons (Fsp3) is 0.208. The van der Waals surface area contributed by atoms with Crippen LogP contribution in [-0.2, 0) is 4.79 Å². The molecule has 31 heavy (non-hydrogen) atoms. The Bertz CT molecular complexity index is 1260. The van der Waals surface area contributed by atoms with Gasteiger partial charge in [-0.2, -0.15) is 0 Å². The van der Waals surface area contributed by atoms with Gasteiger partial charge in [0, 0.05) is 42.4 Å². The molecule has 3 aromatic heterocycles. The lowest BCUT2D eigenvalue weighted by atomic mass is 10.1. The zero-order valence-electron chi connectivity index (χ0n) is 17.3. The number of para-hydroxylation sites is 1. The summed E-state index contributed by atoms with van der Waals surface area (Å²) < 4.78 is 0. The van der Waals surface area contributed by atoms with E-state index in [4.69, 9.17) is 0 Å². The molecule has 4 aromatic rings. The van der Waals surface area contributed by atoms with Crippen molar-refractivity contribution in [3.8, 4) is 0 Å². The average Bonchev–Trinajstić information content (AvgIpc) is 2.78. The molecule has 2 N–H and O–H groups in total. The van der Waals surface area contributed by atoms with Gasteiger partial charge in [0.25, 0.3) is 0 Å². The minimum atomic E-state index is -0.144. The fourth-order valence-electron chi connectivity index (χ4n) is 3.25. The number of benzene rings is 1. The van der Waals surface area contributed by atoms with Crippen molar-refractivity contribution >= 4 is 39.4 Å². The van der Waals surface area contributed by atoms with Crippen LogP contribution in [0.3, 0.4) is 0 Å². The highest BCUT2D eigenvalue weighted by Gasteiger charge is 2.09. The van der Waals surface area contributed by atoms with Crippen LogP contribution in [0.15, 0.2) is 60.7 Å². The molecule has 0 spiro atoms. The van der Waals surface area contributed by atoms with Gasteiger partial charge in [-0.05, 0) is 43.3 Å². The summed E-state index contributed by atoms with van der Waals surface area (Å²) in [6.45, 7) is 2.85. The number of carbonyl (C=O) groups excluding carboxylic acids is 2. The molecule has 1 aromatic carbocycles. The summed E-state index contributed by atoms with van der Waals surface area (Å²) in [5, 5.41) is 7.86. The lowest BCUT2D eigenvalue weighted by molar-refractivity contribution is -0.116. The van der Waals surface area contributed by atoms with Crippen molar-refractivity contribution in [2.45, 2.75) is 19.8 Å². The number of aryl methyl sites for hydroxylation is 1. The van der Waals surface area contributed by atoms with Crippen molar-refractivity contribution in [2.75, 3.05) is 18.4 Å². The Kier molecular flexibility index (Phi) is 6.24. The second-order valence-electron chi connectivity index (χ2n) is 7.31. The number of Topliss-reactive ketones (excluding diaryl/α,β-unsaturated/α-hetero) is 1. The Balaban J connectivity index is 1.21. The summed E-state index contributed by atoms with van der Waals surface area (Å²) in [6.07, 6.45) is 0.605. The van der Waals surface area contributed by atoms with Crippen molar-refractivity contribution in [2.24, 2.45) is 0 Å². The van der Waals surface area contributed by atoms with Gasteiger partial charge in [-0.3, -0.25) is 9.59 Å². The number of hydrogen-bond acceptors (Lipinski definition) is 6. The minimum Gasteiger partial charge on any atom is -0.316 e. The maximum Gasteiger partial charge on any atom is 0.226 e. The van der Waals surface area contributed by atoms with Crippen molar-refractivity contribution < 1.29 is 9.59 Å². The van der Waals surface area contributed by atoms with Crippen LogP contribution in [0.5, 0.6) is 0 Å². The summed E-state index contributed by atoms with van der Waals surface area (Å²) in [6, 6.07) is 18.9. The van der Waals surface area contributed by atoms with Crippen LogP contribution >= 0.6 is 0 Å². The predicted molar refractivity (Wildman–Crippen MR) is 121 cm³/mol. The third-order valence-electron chi connectivity index (χ3n) is 4.90. The van der Waals surface area contributed by atoms with Crippen LogP contribution in [0.25, 0.3) is 21.9 Å². The van der Waals surface area contributed by atoms with Gasteiger partial charge in [0.1, 0.15) is 11.5 Å². The number of nitrogens with zero attached hydrogens (tertiary/aromatic N) is 3. The fourth-order valence-corrected chi connectivity index (χ4v) is 3.25. The molecule has 0 bridgehead atoms. The van der Waals surface area contributed by atoms with Gasteiger partial charge >= 0.3 is 0 Å². The Hall–Kier alpha value is -3.71. The first-order valence-corrected chi connectivity index (χ1v) is 10.2. The smallest absolute Gasteiger partial charge is 0.226 e. The first-order chi connectivity index (χ1) is 15.1. The molecular weight excluding hydrogens is 390 g/mol. The van der Waals surface area contributed by atoms with Crippen LogP contribution in [0, 0.1) is 6.92 Å². The standard InChI is InChI=1S/C24H23N5O2/c1-16-6-7-18-9-11-22(29-24(18)26-16)28-23(31)13-15-25-14-12-21(30)20-10-8-17-4-2-3-5-19(17)27-20/h2-11,25H,12-15H2,1H3,(H,26,28,29,31). The molecule has 7 heteroatoms. The third kappa shape index (κ3) is 5.26. The molecule has 0 saturated heterocycles. The van der Waals surface area contributed by atoms with Crippen LogP contribution in [0.1, 0.15) is 29.0 Å². The minimum absolute atomic E-state index is 0.0224. The van der Waals surface area contributed by atoms with Crippen LogP contribution < -0.4 is 10.6 Å². The highest BCUT2D eigenvalue weighted by atomic mass is 16.1. The molecular formula is C24H23N5O2. The molecule has 4 rings (SSSR count). The van der Waals surface area contributed by atoms with Crippen LogP contribution in [0.2, 0.25) is 0 Å². The van der Waals surface area contributed by atoms with E-state index in [0.29, 0.717) is 36.7 Å². The summed E-state index contributed by atoms with van der Waals surface area (Å²) in [4.78, 5) is 37.7. The highest BCUT2D eigenvalue weighted by molar-refractivity contribution is 5.96. The van der Waals surface area contributed by atoms with Gasteiger partial charge in [-0.15, -0.1) is 0 Å². The molecule has 3 heterocycles. The number of amides is 1. The van der Waals surface area contributed by atoms with Crippen molar-refractivity contribution in [3.63, 3.8) is 0 Å². The maximum atomic E-state index is 12.4. The number of fused-ring (bicyclic) bond motifs is 2. The summed E-state index contributed by atoms with van der Waals surface area (Å²) in [5.74, 6) is 0.313. The summed E-state index contributed by atoms with van der Waals surface area (Å²) in [5.41, 5.74) is 2.76. The van der Waals surface area contributed by atoms with Gasteiger partial charge in [-0.25, -0.2) is 15.0 Å². The number of ketones is 1. The SMILES string of the molecule is Cc1ccc2ccc(NC(=O)CCNCCC(=O)c3ccc4ccccc4n3)nc2n1. The van der Waals surface area contributed by atoms with E-state index in [2.05, 4.69) is 25.6 Å². The van der Waals surface area contributed by atoms with Gasteiger partial charge in [0.15, 0.2) is 11.4 Å². The molecule has 0 unspecified atom stereocenters. The molecule has 0 aliphatic rings. The Morgan fingerprint density at radius 3 is 2.48 bits per heavy atom. The molecule has 1 amide bonds. The largest absolute Gasteiger partial charge is 0.316 e. The molecule has 0 aliphatic heterocycles. The van der Waals surface area contributed by atoms with Crippen molar-refractivity contribution in [1.82, 2.24) is 20.3 Å². The summed E-state index contributed by atoms with van der Waals surface area (Å²) in [7, 11) is 0. The number of aromatic nitrogens is 3. The van der Waals surface area contributed by atoms with E-state index in [9.17, 15) is 9.59 Å². The number of pyridine rings is 3. The number of nitrogens with one attached hydrogen (secondary N) is 2. The molecule has 0 saturated carbocycles. The van der Waals surface area contributed by atoms with Gasteiger partial charge < -0.3 is 10.6 Å². The number of carbonyl (C=O) groups is 2. The monoisotopic (exact) mass is 413 g/mol. The van der Waals surface area contributed by atoms with E-state index >= 15 is 0 Å². The molecule has 0 aliphatic carbocycles. The quantitative estimate of drug-likeness (QED) is 0.338. The Morgan fingerprint density at radius 2 is 1.58 bits per heavy atom. The van der Waals surface area contributed by atoms with Crippen molar-refractivity contribution in [1.29, 1.82) is 0 Å². The van der Waals surface area contributed by atoms with Gasteiger partial charge in [0.05, 0.1) is 5.52 Å². The van der Waals surface area contributed by atoms with Gasteiger partial charge in [-0.1, -0.05) is 24.3 Å². The lowest BCUT2D eigenvalue weighted by Crippen LogP contribution is -2.24. The Labute approximate surface area is 179 Å². The molecule has 156 valence electrons. The number of rotatable bonds is 8. The summed E-state index contributed by atoms with van der Waals surface area (Å²) >= 11 is 0. The van der Waals surface area contributed by atoms with Crippen molar-refractivity contribution in [3.05, 3.63) is 72.1 Å². The average molecular weight is 413 g/mol. The molecule has 0 fully saturated rings. The molecule has 0 radical (unpaired) electrons.